The van der Waals surface area contributed by atoms with Crippen molar-refractivity contribution < 1.29 is 4.74 Å². The van der Waals surface area contributed by atoms with E-state index in [9.17, 15) is 0 Å². The summed E-state index contributed by atoms with van der Waals surface area (Å²) in [4.78, 5) is 2.64. The average molecular weight is 223 g/mol. The predicted octanol–water partition coefficient (Wildman–Crippen LogP) is 2.70. The van der Waals surface area contributed by atoms with Gasteiger partial charge in [0, 0.05) is 32.8 Å². The minimum atomic E-state index is 0.720. The van der Waals surface area contributed by atoms with Gasteiger partial charge in [-0.3, -0.25) is 4.90 Å². The molecule has 0 aromatic rings. The fourth-order valence-corrected chi connectivity index (χ4v) is 2.70. The van der Waals surface area contributed by atoms with E-state index in [1.807, 2.05) is 0 Å². The molecule has 0 spiro atoms. The van der Waals surface area contributed by atoms with Crippen molar-refractivity contribution >= 4 is 0 Å². The van der Waals surface area contributed by atoms with Crippen LogP contribution in [0.4, 0.5) is 0 Å². The molecule has 0 bridgehead atoms. The fraction of sp³-hybridized carbons (Fsp3) is 0.857. The zero-order chi connectivity index (χ0) is 11.4. The molecule has 2 heterocycles. The van der Waals surface area contributed by atoms with E-state index < -0.39 is 0 Å². The molecule has 92 valence electrons. The van der Waals surface area contributed by atoms with Crippen molar-refractivity contribution in [2.45, 2.75) is 33.1 Å². The first-order chi connectivity index (χ1) is 7.75. The van der Waals surface area contributed by atoms with Crippen molar-refractivity contribution in [1.82, 2.24) is 4.90 Å². The van der Waals surface area contributed by atoms with Crippen LogP contribution in [0.25, 0.3) is 0 Å². The summed E-state index contributed by atoms with van der Waals surface area (Å²) in [6, 6.07) is 0. The SMILES string of the molecule is CC(C)C1=CCCN(CC2CCOCC2)C1. The molecule has 16 heavy (non-hydrogen) atoms. The average Bonchev–Trinajstić information content (AvgIpc) is 2.30. The first kappa shape index (κ1) is 12.1. The van der Waals surface area contributed by atoms with Gasteiger partial charge < -0.3 is 4.74 Å². The molecule has 2 rings (SSSR count). The maximum absolute atomic E-state index is 5.42. The maximum Gasteiger partial charge on any atom is 0.0469 e. The molecule has 0 aromatic heterocycles. The van der Waals surface area contributed by atoms with E-state index in [0.29, 0.717) is 0 Å². The molecule has 0 aromatic carbocycles. The Morgan fingerprint density at radius 1 is 1.38 bits per heavy atom. The standard InChI is InChI=1S/C14H25NO/c1-12(2)14-4-3-7-15(11-14)10-13-5-8-16-9-6-13/h4,12-13H,3,5-11H2,1-2H3. The molecular weight excluding hydrogens is 198 g/mol. The van der Waals surface area contributed by atoms with Gasteiger partial charge in [0.1, 0.15) is 0 Å². The molecular formula is C14H25NO. The summed E-state index contributed by atoms with van der Waals surface area (Å²) in [5, 5.41) is 0. The highest BCUT2D eigenvalue weighted by Crippen LogP contribution is 2.21. The normalized spacial score (nSPS) is 24.8. The third-order valence-electron chi connectivity index (χ3n) is 3.86. The second-order valence-corrected chi connectivity index (χ2v) is 5.51. The number of hydrogen-bond donors (Lipinski definition) is 0. The zero-order valence-corrected chi connectivity index (χ0v) is 10.7. The van der Waals surface area contributed by atoms with E-state index in [0.717, 1.165) is 25.0 Å². The minimum absolute atomic E-state index is 0.720. The molecule has 2 heteroatoms. The lowest BCUT2D eigenvalue weighted by Gasteiger charge is -2.33. The highest BCUT2D eigenvalue weighted by molar-refractivity contribution is 5.10. The molecule has 1 saturated heterocycles. The first-order valence-corrected chi connectivity index (χ1v) is 6.74. The van der Waals surface area contributed by atoms with Crippen LogP contribution in [0, 0.1) is 11.8 Å². The molecule has 1 fully saturated rings. The van der Waals surface area contributed by atoms with Crippen LogP contribution in [0.15, 0.2) is 11.6 Å². The largest absolute Gasteiger partial charge is 0.381 e. The molecule has 0 atom stereocenters. The van der Waals surface area contributed by atoms with Crippen LogP contribution >= 0.6 is 0 Å². The Kier molecular flexibility index (Phi) is 4.42. The lowest BCUT2D eigenvalue weighted by molar-refractivity contribution is 0.0531. The zero-order valence-electron chi connectivity index (χ0n) is 10.7. The van der Waals surface area contributed by atoms with Crippen molar-refractivity contribution in [3.8, 4) is 0 Å². The molecule has 2 nitrogen and oxygen atoms in total. The Morgan fingerprint density at radius 3 is 2.81 bits per heavy atom. The summed E-state index contributed by atoms with van der Waals surface area (Å²) in [6.07, 6.45) is 6.22. The Bertz CT molecular complexity index is 241. The fourth-order valence-electron chi connectivity index (χ4n) is 2.70. The van der Waals surface area contributed by atoms with Crippen LogP contribution in [0.3, 0.4) is 0 Å². The summed E-state index contributed by atoms with van der Waals surface area (Å²) < 4.78 is 5.42. The van der Waals surface area contributed by atoms with E-state index in [1.165, 1.54) is 38.9 Å². The quantitative estimate of drug-likeness (QED) is 0.682. The van der Waals surface area contributed by atoms with E-state index in [2.05, 4.69) is 24.8 Å². The van der Waals surface area contributed by atoms with Gasteiger partial charge in [0.25, 0.3) is 0 Å². The summed E-state index contributed by atoms with van der Waals surface area (Å²) in [6.45, 7) is 10.3. The van der Waals surface area contributed by atoms with E-state index in [1.54, 1.807) is 5.57 Å². The van der Waals surface area contributed by atoms with Crippen LogP contribution in [0.5, 0.6) is 0 Å². The Balaban J connectivity index is 1.80. The Labute approximate surface area is 99.7 Å². The van der Waals surface area contributed by atoms with Crippen molar-refractivity contribution in [3.05, 3.63) is 11.6 Å². The van der Waals surface area contributed by atoms with Gasteiger partial charge in [0.2, 0.25) is 0 Å². The Morgan fingerprint density at radius 2 is 2.12 bits per heavy atom. The van der Waals surface area contributed by atoms with Crippen molar-refractivity contribution in [2.24, 2.45) is 11.8 Å². The first-order valence-electron chi connectivity index (χ1n) is 6.74. The van der Waals surface area contributed by atoms with Gasteiger partial charge >= 0.3 is 0 Å². The molecule has 0 amide bonds. The van der Waals surface area contributed by atoms with Gasteiger partial charge in [0.05, 0.1) is 0 Å². The van der Waals surface area contributed by atoms with Gasteiger partial charge in [-0.25, -0.2) is 0 Å². The molecule has 0 saturated carbocycles. The molecule has 0 N–H and O–H groups in total. The number of ether oxygens (including phenoxy) is 1. The van der Waals surface area contributed by atoms with E-state index in [-0.39, 0.29) is 0 Å². The second kappa shape index (κ2) is 5.83. The number of nitrogens with zero attached hydrogens (tertiary/aromatic N) is 1. The number of hydrogen-bond acceptors (Lipinski definition) is 2. The van der Waals surface area contributed by atoms with E-state index in [4.69, 9.17) is 4.74 Å². The highest BCUT2D eigenvalue weighted by atomic mass is 16.5. The summed E-state index contributed by atoms with van der Waals surface area (Å²) in [5.74, 6) is 1.60. The molecule has 0 radical (unpaired) electrons. The monoisotopic (exact) mass is 223 g/mol. The number of rotatable bonds is 3. The lowest BCUT2D eigenvalue weighted by Crippen LogP contribution is -2.37. The summed E-state index contributed by atoms with van der Waals surface area (Å²) in [5.41, 5.74) is 1.64. The molecule has 0 unspecified atom stereocenters. The Hall–Kier alpha value is -0.340. The van der Waals surface area contributed by atoms with Crippen LogP contribution in [0.1, 0.15) is 33.1 Å². The van der Waals surface area contributed by atoms with Gasteiger partial charge in [0.15, 0.2) is 0 Å². The van der Waals surface area contributed by atoms with E-state index >= 15 is 0 Å². The van der Waals surface area contributed by atoms with Crippen LogP contribution in [0.2, 0.25) is 0 Å². The van der Waals surface area contributed by atoms with Gasteiger partial charge in [-0.15, -0.1) is 0 Å². The van der Waals surface area contributed by atoms with Gasteiger partial charge in [-0.2, -0.15) is 0 Å². The predicted molar refractivity (Wildman–Crippen MR) is 67.5 cm³/mol. The molecule has 2 aliphatic heterocycles. The van der Waals surface area contributed by atoms with Crippen LogP contribution < -0.4 is 0 Å². The lowest BCUT2D eigenvalue weighted by atomic mass is 9.95. The maximum atomic E-state index is 5.42. The topological polar surface area (TPSA) is 12.5 Å². The third kappa shape index (κ3) is 3.33. The van der Waals surface area contributed by atoms with Crippen molar-refractivity contribution in [3.63, 3.8) is 0 Å². The molecule has 0 aliphatic carbocycles. The third-order valence-corrected chi connectivity index (χ3v) is 3.86. The van der Waals surface area contributed by atoms with Crippen molar-refractivity contribution in [2.75, 3.05) is 32.8 Å². The summed E-state index contributed by atoms with van der Waals surface area (Å²) >= 11 is 0. The highest BCUT2D eigenvalue weighted by Gasteiger charge is 2.20. The van der Waals surface area contributed by atoms with Crippen LogP contribution in [-0.4, -0.2) is 37.7 Å². The van der Waals surface area contributed by atoms with Gasteiger partial charge in [-0.05, 0) is 31.1 Å². The van der Waals surface area contributed by atoms with Crippen LogP contribution in [-0.2, 0) is 4.74 Å². The summed E-state index contributed by atoms with van der Waals surface area (Å²) in [7, 11) is 0. The van der Waals surface area contributed by atoms with Gasteiger partial charge in [-0.1, -0.05) is 25.5 Å². The smallest absolute Gasteiger partial charge is 0.0469 e. The van der Waals surface area contributed by atoms with Crippen molar-refractivity contribution in [1.29, 1.82) is 0 Å². The molecule has 2 aliphatic rings. The minimum Gasteiger partial charge on any atom is -0.381 e. The second-order valence-electron chi connectivity index (χ2n) is 5.51.